The van der Waals surface area contributed by atoms with Crippen LogP contribution >= 0.6 is 0 Å². The highest BCUT2D eigenvalue weighted by Crippen LogP contribution is 2.20. The van der Waals surface area contributed by atoms with E-state index in [9.17, 15) is 4.79 Å². The summed E-state index contributed by atoms with van der Waals surface area (Å²) in [6.07, 6.45) is 8.98. The summed E-state index contributed by atoms with van der Waals surface area (Å²) in [6.45, 7) is 2.15. The van der Waals surface area contributed by atoms with Crippen molar-refractivity contribution in [3.8, 4) is 0 Å². The van der Waals surface area contributed by atoms with Gasteiger partial charge in [0.05, 0.1) is 18.4 Å². The van der Waals surface area contributed by atoms with E-state index in [0.717, 1.165) is 18.5 Å². The van der Waals surface area contributed by atoms with Crippen LogP contribution in [0.4, 0.5) is 17.5 Å². The number of rotatable bonds is 6. The first-order valence-electron chi connectivity index (χ1n) is 9.25. The third kappa shape index (κ3) is 5.15. The quantitative estimate of drug-likeness (QED) is 0.599. The molecule has 0 bridgehead atoms. The van der Waals surface area contributed by atoms with Gasteiger partial charge < -0.3 is 15.4 Å². The van der Waals surface area contributed by atoms with Gasteiger partial charge in [0.1, 0.15) is 0 Å². The van der Waals surface area contributed by atoms with Gasteiger partial charge in [0.15, 0.2) is 5.82 Å². The van der Waals surface area contributed by atoms with Crippen molar-refractivity contribution in [1.82, 2.24) is 15.2 Å². The van der Waals surface area contributed by atoms with Gasteiger partial charge in [-0.3, -0.25) is 0 Å². The van der Waals surface area contributed by atoms with Crippen molar-refractivity contribution >= 4 is 23.4 Å². The SMILES string of the molecule is CCOC(=O)c1ccc(Nc2cnnc(NC3CCCCCC3)n2)cc1. The summed E-state index contributed by atoms with van der Waals surface area (Å²) in [5, 5.41) is 14.7. The summed E-state index contributed by atoms with van der Waals surface area (Å²) in [4.78, 5) is 16.2. The van der Waals surface area contributed by atoms with Crippen LogP contribution < -0.4 is 10.6 Å². The highest BCUT2D eigenvalue weighted by molar-refractivity contribution is 5.89. The fourth-order valence-corrected chi connectivity index (χ4v) is 3.08. The first kappa shape index (κ1) is 18.1. The Kier molecular flexibility index (Phi) is 6.35. The lowest BCUT2D eigenvalue weighted by atomic mass is 10.1. The maximum atomic E-state index is 11.7. The molecule has 1 aliphatic rings. The topological polar surface area (TPSA) is 89.0 Å². The van der Waals surface area contributed by atoms with Crippen molar-refractivity contribution in [1.29, 1.82) is 0 Å². The molecule has 7 heteroatoms. The molecule has 1 fully saturated rings. The first-order chi connectivity index (χ1) is 12.7. The Morgan fingerprint density at radius 3 is 2.58 bits per heavy atom. The zero-order valence-corrected chi connectivity index (χ0v) is 15.1. The summed E-state index contributed by atoms with van der Waals surface area (Å²) in [5.74, 6) is 0.836. The van der Waals surface area contributed by atoms with E-state index in [1.807, 2.05) is 12.1 Å². The third-order valence-corrected chi connectivity index (χ3v) is 4.42. The van der Waals surface area contributed by atoms with Crippen LogP contribution in [0.25, 0.3) is 0 Å². The standard InChI is InChI=1S/C19H25N5O2/c1-2-26-18(25)14-9-11-16(12-10-14)21-17-13-20-24-19(23-17)22-15-7-5-3-4-6-8-15/h9-13,15H,2-8H2,1H3,(H2,21,22,23,24). The van der Waals surface area contributed by atoms with E-state index in [-0.39, 0.29) is 5.97 Å². The number of anilines is 3. The number of benzene rings is 1. The molecule has 1 aromatic heterocycles. The van der Waals surface area contributed by atoms with Crippen LogP contribution in [-0.4, -0.2) is 33.8 Å². The highest BCUT2D eigenvalue weighted by atomic mass is 16.5. The van der Waals surface area contributed by atoms with Gasteiger partial charge in [-0.1, -0.05) is 25.7 Å². The van der Waals surface area contributed by atoms with E-state index in [1.165, 1.54) is 25.7 Å². The Morgan fingerprint density at radius 1 is 1.15 bits per heavy atom. The van der Waals surface area contributed by atoms with Crippen molar-refractivity contribution in [3.63, 3.8) is 0 Å². The Labute approximate surface area is 153 Å². The largest absolute Gasteiger partial charge is 0.462 e. The van der Waals surface area contributed by atoms with Crippen LogP contribution in [0.2, 0.25) is 0 Å². The molecule has 1 heterocycles. The van der Waals surface area contributed by atoms with Gasteiger partial charge in [0.2, 0.25) is 5.95 Å². The van der Waals surface area contributed by atoms with E-state index in [1.54, 1.807) is 25.3 Å². The average molecular weight is 355 g/mol. The molecule has 0 aliphatic heterocycles. The summed E-state index contributed by atoms with van der Waals surface area (Å²) in [5.41, 5.74) is 1.34. The van der Waals surface area contributed by atoms with Crippen LogP contribution in [0.1, 0.15) is 55.8 Å². The van der Waals surface area contributed by atoms with Crippen LogP contribution in [0.5, 0.6) is 0 Å². The molecule has 7 nitrogen and oxygen atoms in total. The Bertz CT molecular complexity index is 712. The number of hydrogen-bond acceptors (Lipinski definition) is 7. The Balaban J connectivity index is 1.62. The van der Waals surface area contributed by atoms with Crippen molar-refractivity contribution < 1.29 is 9.53 Å². The normalized spacial score (nSPS) is 15.1. The number of carbonyl (C=O) groups is 1. The first-order valence-corrected chi connectivity index (χ1v) is 9.25. The molecule has 26 heavy (non-hydrogen) atoms. The van der Waals surface area contributed by atoms with Gasteiger partial charge in [-0.05, 0) is 44.0 Å². The third-order valence-electron chi connectivity index (χ3n) is 4.42. The molecule has 2 aromatic rings. The monoisotopic (exact) mass is 355 g/mol. The molecule has 2 N–H and O–H groups in total. The number of carbonyl (C=O) groups excluding carboxylic acids is 1. The van der Waals surface area contributed by atoms with E-state index in [0.29, 0.717) is 30.0 Å². The summed E-state index contributed by atoms with van der Waals surface area (Å²) in [7, 11) is 0. The van der Waals surface area contributed by atoms with Crippen molar-refractivity contribution in [2.24, 2.45) is 0 Å². The number of nitrogens with zero attached hydrogens (tertiary/aromatic N) is 3. The van der Waals surface area contributed by atoms with Crippen molar-refractivity contribution in [3.05, 3.63) is 36.0 Å². The molecular formula is C19H25N5O2. The average Bonchev–Trinajstić information content (AvgIpc) is 2.91. The molecule has 0 radical (unpaired) electrons. The molecule has 3 rings (SSSR count). The lowest BCUT2D eigenvalue weighted by Gasteiger charge is -2.16. The van der Waals surface area contributed by atoms with E-state index >= 15 is 0 Å². The molecular weight excluding hydrogens is 330 g/mol. The van der Waals surface area contributed by atoms with Gasteiger partial charge in [0, 0.05) is 11.7 Å². The predicted molar refractivity (Wildman–Crippen MR) is 101 cm³/mol. The highest BCUT2D eigenvalue weighted by Gasteiger charge is 2.13. The van der Waals surface area contributed by atoms with Gasteiger partial charge in [-0.2, -0.15) is 10.1 Å². The number of aromatic nitrogens is 3. The Morgan fingerprint density at radius 2 is 1.88 bits per heavy atom. The minimum Gasteiger partial charge on any atom is -0.462 e. The molecule has 0 unspecified atom stereocenters. The second-order valence-electron chi connectivity index (χ2n) is 6.42. The molecule has 1 aliphatic carbocycles. The van der Waals surface area contributed by atoms with Crippen molar-refractivity contribution in [2.45, 2.75) is 51.5 Å². The zero-order valence-electron chi connectivity index (χ0n) is 15.1. The summed E-state index contributed by atoms with van der Waals surface area (Å²) in [6, 6.07) is 7.48. The Hall–Kier alpha value is -2.70. The number of esters is 1. The molecule has 0 saturated heterocycles. The lowest BCUT2D eigenvalue weighted by molar-refractivity contribution is 0.0526. The van der Waals surface area contributed by atoms with E-state index in [2.05, 4.69) is 25.8 Å². The molecule has 138 valence electrons. The summed E-state index contributed by atoms with van der Waals surface area (Å²) >= 11 is 0. The lowest BCUT2D eigenvalue weighted by Crippen LogP contribution is -2.20. The molecule has 1 saturated carbocycles. The van der Waals surface area contributed by atoms with Gasteiger partial charge in [0.25, 0.3) is 0 Å². The maximum Gasteiger partial charge on any atom is 0.338 e. The van der Waals surface area contributed by atoms with Gasteiger partial charge in [-0.25, -0.2) is 4.79 Å². The fourth-order valence-electron chi connectivity index (χ4n) is 3.08. The zero-order chi connectivity index (χ0) is 18.2. The smallest absolute Gasteiger partial charge is 0.338 e. The van der Waals surface area contributed by atoms with E-state index < -0.39 is 0 Å². The van der Waals surface area contributed by atoms with Crippen LogP contribution in [-0.2, 0) is 4.74 Å². The van der Waals surface area contributed by atoms with Crippen LogP contribution in [0.15, 0.2) is 30.5 Å². The molecule has 1 aromatic carbocycles. The second kappa shape index (κ2) is 9.12. The minimum absolute atomic E-state index is 0.322. The van der Waals surface area contributed by atoms with Crippen LogP contribution in [0, 0.1) is 0 Å². The number of ether oxygens (including phenoxy) is 1. The van der Waals surface area contributed by atoms with Gasteiger partial charge in [-0.15, -0.1) is 5.10 Å². The number of nitrogens with one attached hydrogen (secondary N) is 2. The van der Waals surface area contributed by atoms with Crippen LogP contribution in [0.3, 0.4) is 0 Å². The summed E-state index contributed by atoms with van der Waals surface area (Å²) < 4.78 is 4.98. The maximum absolute atomic E-state index is 11.7. The minimum atomic E-state index is -0.322. The predicted octanol–water partition coefficient (Wildman–Crippen LogP) is 3.93. The van der Waals surface area contributed by atoms with Crippen molar-refractivity contribution in [2.75, 3.05) is 17.2 Å². The van der Waals surface area contributed by atoms with E-state index in [4.69, 9.17) is 4.74 Å². The second-order valence-corrected chi connectivity index (χ2v) is 6.42. The molecule has 0 spiro atoms. The molecule has 0 amide bonds. The number of hydrogen-bond donors (Lipinski definition) is 2. The fraction of sp³-hybridized carbons (Fsp3) is 0.474. The molecule has 0 atom stereocenters. The van der Waals surface area contributed by atoms with Gasteiger partial charge >= 0.3 is 5.97 Å².